The maximum absolute atomic E-state index is 13.0. The summed E-state index contributed by atoms with van der Waals surface area (Å²) in [6.07, 6.45) is 1.63. The molecule has 1 aliphatic rings. The molecule has 0 N–H and O–H groups in total. The minimum absolute atomic E-state index is 0.157. The van der Waals surface area contributed by atoms with Gasteiger partial charge in [-0.2, -0.15) is 9.57 Å². The molecule has 27 heavy (non-hydrogen) atoms. The largest absolute Gasteiger partial charge is 0.493 e. The number of anilines is 1. The molecule has 0 saturated carbocycles. The highest BCUT2D eigenvalue weighted by molar-refractivity contribution is 7.89. The first-order valence-electron chi connectivity index (χ1n) is 8.33. The summed E-state index contributed by atoms with van der Waals surface area (Å²) in [6.45, 7) is 1.52. The van der Waals surface area contributed by atoms with Crippen LogP contribution in [0.1, 0.15) is 5.56 Å². The van der Waals surface area contributed by atoms with Gasteiger partial charge in [-0.3, -0.25) is 0 Å². The second kappa shape index (κ2) is 7.82. The molecule has 1 aromatic heterocycles. The number of nitriles is 1. The predicted molar refractivity (Wildman–Crippen MR) is 99.5 cm³/mol. The Morgan fingerprint density at radius 3 is 2.41 bits per heavy atom. The molecule has 0 spiro atoms. The number of benzene rings is 1. The summed E-state index contributed by atoms with van der Waals surface area (Å²) in [5.74, 6) is 1.42. The summed E-state index contributed by atoms with van der Waals surface area (Å²) in [6, 6.07) is 10.1. The number of pyridine rings is 1. The molecule has 1 aliphatic heterocycles. The predicted octanol–water partition coefficient (Wildman–Crippen LogP) is 1.48. The van der Waals surface area contributed by atoms with E-state index in [1.165, 1.54) is 30.7 Å². The van der Waals surface area contributed by atoms with Crippen LogP contribution in [0.3, 0.4) is 0 Å². The van der Waals surface area contributed by atoms with E-state index in [1.54, 1.807) is 24.4 Å². The van der Waals surface area contributed by atoms with E-state index in [2.05, 4.69) is 11.1 Å². The Hall–Kier alpha value is -2.83. The first-order chi connectivity index (χ1) is 13.0. The van der Waals surface area contributed by atoms with Gasteiger partial charge in [0.15, 0.2) is 11.5 Å². The minimum Gasteiger partial charge on any atom is -0.493 e. The molecule has 1 saturated heterocycles. The zero-order valence-electron chi connectivity index (χ0n) is 15.1. The van der Waals surface area contributed by atoms with Crippen molar-refractivity contribution in [1.82, 2.24) is 9.29 Å². The number of aromatic nitrogens is 1. The van der Waals surface area contributed by atoms with Crippen LogP contribution in [0.5, 0.6) is 11.5 Å². The number of hydrogen-bond acceptors (Lipinski definition) is 7. The average molecular weight is 388 g/mol. The number of ether oxygens (including phenoxy) is 2. The zero-order chi connectivity index (χ0) is 19.4. The van der Waals surface area contributed by atoms with Crippen molar-refractivity contribution in [3.05, 3.63) is 42.1 Å². The summed E-state index contributed by atoms with van der Waals surface area (Å²) in [4.78, 5) is 6.35. The van der Waals surface area contributed by atoms with Crippen molar-refractivity contribution >= 4 is 15.8 Å². The van der Waals surface area contributed by atoms with Crippen molar-refractivity contribution in [2.24, 2.45) is 0 Å². The third kappa shape index (κ3) is 3.67. The molecule has 0 atom stereocenters. The standard InChI is InChI=1S/C18H20N4O4S/c1-25-16-6-5-15(12-17(16)26-2)27(23,24)22-10-8-21(9-11-22)18-14(13-19)4-3-7-20-18/h3-7,12H,8-11H2,1-2H3. The van der Waals surface area contributed by atoms with Crippen LogP contribution in [0, 0.1) is 11.3 Å². The molecule has 0 bridgehead atoms. The Labute approximate surface area is 158 Å². The van der Waals surface area contributed by atoms with Gasteiger partial charge in [-0.05, 0) is 24.3 Å². The van der Waals surface area contributed by atoms with Crippen LogP contribution < -0.4 is 14.4 Å². The van der Waals surface area contributed by atoms with Crippen LogP contribution in [0.4, 0.5) is 5.82 Å². The fourth-order valence-electron chi connectivity index (χ4n) is 3.00. The lowest BCUT2D eigenvalue weighted by atomic mass is 10.2. The maximum atomic E-state index is 13.0. The summed E-state index contributed by atoms with van der Waals surface area (Å²) in [5, 5.41) is 9.23. The van der Waals surface area contributed by atoms with E-state index in [9.17, 15) is 13.7 Å². The van der Waals surface area contributed by atoms with Crippen molar-refractivity contribution in [2.75, 3.05) is 45.3 Å². The molecule has 9 heteroatoms. The van der Waals surface area contributed by atoms with E-state index in [1.807, 2.05) is 4.90 Å². The van der Waals surface area contributed by atoms with Crippen LogP contribution in [-0.2, 0) is 10.0 Å². The highest BCUT2D eigenvalue weighted by atomic mass is 32.2. The number of rotatable bonds is 5. The fourth-order valence-corrected chi connectivity index (χ4v) is 4.44. The van der Waals surface area contributed by atoms with Crippen LogP contribution in [-0.4, -0.2) is 58.1 Å². The van der Waals surface area contributed by atoms with E-state index in [0.29, 0.717) is 49.1 Å². The van der Waals surface area contributed by atoms with E-state index in [4.69, 9.17) is 9.47 Å². The first-order valence-corrected chi connectivity index (χ1v) is 9.77. The highest BCUT2D eigenvalue weighted by Gasteiger charge is 2.30. The number of nitrogens with zero attached hydrogens (tertiary/aromatic N) is 4. The summed E-state index contributed by atoms with van der Waals surface area (Å²) < 4.78 is 37.7. The lowest BCUT2D eigenvalue weighted by Gasteiger charge is -2.35. The van der Waals surface area contributed by atoms with Gasteiger partial charge in [0.05, 0.1) is 24.7 Å². The molecule has 0 aliphatic carbocycles. The molecule has 1 aromatic carbocycles. The van der Waals surface area contributed by atoms with Gasteiger partial charge in [0.1, 0.15) is 11.9 Å². The Bertz CT molecular complexity index is 964. The Kier molecular flexibility index (Phi) is 5.48. The number of hydrogen-bond donors (Lipinski definition) is 0. The molecular weight excluding hydrogens is 368 g/mol. The quantitative estimate of drug-likeness (QED) is 0.765. The Balaban J connectivity index is 1.78. The molecule has 0 amide bonds. The second-order valence-corrected chi connectivity index (χ2v) is 7.83. The van der Waals surface area contributed by atoms with E-state index >= 15 is 0 Å². The van der Waals surface area contributed by atoms with Gasteiger partial charge >= 0.3 is 0 Å². The van der Waals surface area contributed by atoms with Crippen LogP contribution in [0.25, 0.3) is 0 Å². The topological polar surface area (TPSA) is 95.8 Å². The van der Waals surface area contributed by atoms with Crippen molar-refractivity contribution in [3.8, 4) is 17.6 Å². The lowest BCUT2D eigenvalue weighted by Crippen LogP contribution is -2.49. The first kappa shape index (κ1) is 18.9. The molecule has 3 rings (SSSR count). The van der Waals surface area contributed by atoms with E-state index < -0.39 is 10.0 Å². The molecule has 0 unspecified atom stereocenters. The molecule has 142 valence electrons. The van der Waals surface area contributed by atoms with Gasteiger partial charge in [-0.25, -0.2) is 13.4 Å². The number of piperazine rings is 1. The number of methoxy groups -OCH3 is 2. The third-order valence-electron chi connectivity index (χ3n) is 4.44. The normalized spacial score (nSPS) is 15.2. The highest BCUT2D eigenvalue weighted by Crippen LogP contribution is 2.31. The van der Waals surface area contributed by atoms with Crippen molar-refractivity contribution in [2.45, 2.75) is 4.90 Å². The van der Waals surface area contributed by atoms with Gasteiger partial charge in [0, 0.05) is 38.4 Å². The molecule has 2 heterocycles. The van der Waals surface area contributed by atoms with Crippen molar-refractivity contribution in [1.29, 1.82) is 5.26 Å². The van der Waals surface area contributed by atoms with Crippen LogP contribution in [0.15, 0.2) is 41.4 Å². The van der Waals surface area contributed by atoms with Crippen molar-refractivity contribution in [3.63, 3.8) is 0 Å². The monoisotopic (exact) mass is 388 g/mol. The van der Waals surface area contributed by atoms with Gasteiger partial charge in [0.25, 0.3) is 0 Å². The van der Waals surface area contributed by atoms with Gasteiger partial charge in [-0.15, -0.1) is 0 Å². The molecular formula is C18H20N4O4S. The molecule has 0 radical (unpaired) electrons. The van der Waals surface area contributed by atoms with Gasteiger partial charge in [0.2, 0.25) is 10.0 Å². The smallest absolute Gasteiger partial charge is 0.243 e. The van der Waals surface area contributed by atoms with E-state index in [0.717, 1.165) is 0 Å². The second-order valence-electron chi connectivity index (χ2n) is 5.89. The van der Waals surface area contributed by atoms with E-state index in [-0.39, 0.29) is 4.90 Å². The van der Waals surface area contributed by atoms with Gasteiger partial charge < -0.3 is 14.4 Å². The maximum Gasteiger partial charge on any atom is 0.243 e. The van der Waals surface area contributed by atoms with Crippen molar-refractivity contribution < 1.29 is 17.9 Å². The van der Waals surface area contributed by atoms with Crippen LogP contribution in [0.2, 0.25) is 0 Å². The summed E-state index contributed by atoms with van der Waals surface area (Å²) in [7, 11) is -0.692. The SMILES string of the molecule is COc1ccc(S(=O)(=O)N2CCN(c3ncccc3C#N)CC2)cc1OC. The zero-order valence-corrected chi connectivity index (χ0v) is 15.9. The summed E-state index contributed by atoms with van der Waals surface area (Å²) in [5.41, 5.74) is 0.480. The third-order valence-corrected chi connectivity index (χ3v) is 6.33. The lowest BCUT2D eigenvalue weighted by molar-refractivity contribution is 0.353. The van der Waals surface area contributed by atoms with Gasteiger partial charge in [-0.1, -0.05) is 0 Å². The van der Waals surface area contributed by atoms with Crippen LogP contribution >= 0.6 is 0 Å². The summed E-state index contributed by atoms with van der Waals surface area (Å²) >= 11 is 0. The Morgan fingerprint density at radius 1 is 1.07 bits per heavy atom. The Morgan fingerprint density at radius 2 is 1.78 bits per heavy atom. The minimum atomic E-state index is -3.66. The number of sulfonamides is 1. The molecule has 2 aromatic rings. The fraction of sp³-hybridized carbons (Fsp3) is 0.333. The molecule has 1 fully saturated rings. The molecule has 8 nitrogen and oxygen atoms in total. The average Bonchev–Trinajstić information content (AvgIpc) is 2.73.